The molecule has 3 nitrogen and oxygen atoms in total. The van der Waals surface area contributed by atoms with Gasteiger partial charge in [0.15, 0.2) is 0 Å². The lowest BCUT2D eigenvalue weighted by atomic mass is 10.3. The minimum absolute atomic E-state index is 0.456. The molecule has 0 radical (unpaired) electrons. The van der Waals surface area contributed by atoms with Gasteiger partial charge < -0.3 is 4.79 Å². The van der Waals surface area contributed by atoms with Crippen LogP contribution >= 0.6 is 0 Å². The highest BCUT2D eigenvalue weighted by atomic mass is 16.1. The quantitative estimate of drug-likeness (QED) is 0.557. The summed E-state index contributed by atoms with van der Waals surface area (Å²) in [5.74, 6) is 0. The SMILES string of the molecule is Cc1cc(CC=O)n(C)n1. The van der Waals surface area contributed by atoms with Crippen LogP contribution in [-0.4, -0.2) is 16.1 Å². The Balaban J connectivity index is 2.91. The monoisotopic (exact) mass is 138 g/mol. The predicted molar refractivity (Wildman–Crippen MR) is 37.7 cm³/mol. The van der Waals surface area contributed by atoms with Gasteiger partial charge in [-0.3, -0.25) is 4.68 Å². The summed E-state index contributed by atoms with van der Waals surface area (Å²) in [5.41, 5.74) is 1.92. The molecular weight excluding hydrogens is 128 g/mol. The zero-order chi connectivity index (χ0) is 7.56. The van der Waals surface area contributed by atoms with Gasteiger partial charge in [-0.05, 0) is 13.0 Å². The van der Waals surface area contributed by atoms with Crippen LogP contribution in [0.15, 0.2) is 6.07 Å². The number of aldehydes is 1. The van der Waals surface area contributed by atoms with Crippen molar-refractivity contribution in [2.75, 3.05) is 0 Å². The van der Waals surface area contributed by atoms with E-state index in [0.29, 0.717) is 6.42 Å². The zero-order valence-electron chi connectivity index (χ0n) is 6.16. The van der Waals surface area contributed by atoms with Crippen LogP contribution in [0.5, 0.6) is 0 Å². The predicted octanol–water partition coefficient (Wildman–Crippen LogP) is 0.470. The average molecular weight is 138 g/mol. The molecule has 1 heterocycles. The van der Waals surface area contributed by atoms with Crippen LogP contribution in [-0.2, 0) is 18.3 Å². The topological polar surface area (TPSA) is 34.9 Å². The van der Waals surface area contributed by atoms with Crippen molar-refractivity contribution in [2.24, 2.45) is 7.05 Å². The van der Waals surface area contributed by atoms with Crippen LogP contribution in [0, 0.1) is 6.92 Å². The van der Waals surface area contributed by atoms with Crippen LogP contribution in [0.3, 0.4) is 0 Å². The van der Waals surface area contributed by atoms with E-state index < -0.39 is 0 Å². The third kappa shape index (κ3) is 1.23. The standard InChI is InChI=1S/C7H10N2O/c1-6-5-7(3-4-10)9(2)8-6/h4-5H,3H2,1-2H3. The first-order chi connectivity index (χ1) is 4.74. The highest BCUT2D eigenvalue weighted by molar-refractivity contribution is 5.53. The van der Waals surface area contributed by atoms with Crippen molar-refractivity contribution in [3.8, 4) is 0 Å². The second-order valence-corrected chi connectivity index (χ2v) is 2.27. The molecule has 1 rings (SSSR count). The molecule has 3 heteroatoms. The van der Waals surface area contributed by atoms with Gasteiger partial charge in [-0.25, -0.2) is 0 Å². The van der Waals surface area contributed by atoms with Crippen LogP contribution < -0.4 is 0 Å². The van der Waals surface area contributed by atoms with E-state index in [1.807, 2.05) is 20.0 Å². The lowest BCUT2D eigenvalue weighted by Crippen LogP contribution is -1.98. The second kappa shape index (κ2) is 2.64. The maximum absolute atomic E-state index is 10.1. The van der Waals surface area contributed by atoms with Gasteiger partial charge in [0.05, 0.1) is 5.69 Å². The van der Waals surface area contributed by atoms with Crippen molar-refractivity contribution < 1.29 is 4.79 Å². The van der Waals surface area contributed by atoms with Crippen molar-refractivity contribution in [1.29, 1.82) is 0 Å². The van der Waals surface area contributed by atoms with E-state index in [1.54, 1.807) is 4.68 Å². The molecule has 0 bridgehead atoms. The molecule has 0 spiro atoms. The Morgan fingerprint density at radius 3 is 2.90 bits per heavy atom. The average Bonchev–Trinajstić information content (AvgIpc) is 2.13. The molecule has 0 fully saturated rings. The number of aryl methyl sites for hydroxylation is 2. The molecule has 0 aromatic carbocycles. The molecule has 1 aromatic rings. The molecule has 0 atom stereocenters. The lowest BCUT2D eigenvalue weighted by Gasteiger charge is -1.92. The number of aromatic nitrogens is 2. The molecule has 0 aliphatic carbocycles. The van der Waals surface area contributed by atoms with E-state index in [0.717, 1.165) is 17.7 Å². The normalized spacial score (nSPS) is 9.80. The summed E-state index contributed by atoms with van der Waals surface area (Å²) in [6.07, 6.45) is 1.34. The summed E-state index contributed by atoms with van der Waals surface area (Å²) in [4.78, 5) is 10.1. The Hall–Kier alpha value is -1.12. The number of hydrogen-bond acceptors (Lipinski definition) is 2. The molecule has 0 aliphatic heterocycles. The van der Waals surface area contributed by atoms with Gasteiger partial charge in [0.25, 0.3) is 0 Å². The third-order valence-corrected chi connectivity index (χ3v) is 1.39. The van der Waals surface area contributed by atoms with Crippen molar-refractivity contribution >= 4 is 6.29 Å². The number of hydrogen-bond donors (Lipinski definition) is 0. The summed E-state index contributed by atoms with van der Waals surface area (Å²) in [6, 6.07) is 1.91. The van der Waals surface area contributed by atoms with E-state index >= 15 is 0 Å². The van der Waals surface area contributed by atoms with Crippen LogP contribution in [0.4, 0.5) is 0 Å². The largest absolute Gasteiger partial charge is 0.303 e. The van der Waals surface area contributed by atoms with E-state index in [2.05, 4.69) is 5.10 Å². The van der Waals surface area contributed by atoms with Crippen molar-refractivity contribution in [3.05, 3.63) is 17.5 Å². The molecule has 0 unspecified atom stereocenters. The first-order valence-corrected chi connectivity index (χ1v) is 3.17. The smallest absolute Gasteiger partial charge is 0.125 e. The molecule has 1 aromatic heterocycles. The maximum Gasteiger partial charge on any atom is 0.125 e. The van der Waals surface area contributed by atoms with E-state index in [4.69, 9.17) is 0 Å². The van der Waals surface area contributed by atoms with Crippen LogP contribution in [0.25, 0.3) is 0 Å². The summed E-state index contributed by atoms with van der Waals surface area (Å²) in [5, 5.41) is 4.09. The molecule has 0 aliphatic rings. The third-order valence-electron chi connectivity index (χ3n) is 1.39. The van der Waals surface area contributed by atoms with Gasteiger partial charge in [-0.1, -0.05) is 0 Å². The highest BCUT2D eigenvalue weighted by Gasteiger charge is 1.98. The number of nitrogens with zero attached hydrogens (tertiary/aromatic N) is 2. The fourth-order valence-corrected chi connectivity index (χ4v) is 0.941. The first kappa shape index (κ1) is 6.99. The molecule has 0 saturated carbocycles. The van der Waals surface area contributed by atoms with Crippen molar-refractivity contribution in [1.82, 2.24) is 9.78 Å². The maximum atomic E-state index is 10.1. The molecule has 0 amide bonds. The Labute approximate surface area is 59.7 Å². The van der Waals surface area contributed by atoms with Gasteiger partial charge >= 0.3 is 0 Å². The Morgan fingerprint density at radius 1 is 1.80 bits per heavy atom. The van der Waals surface area contributed by atoms with Gasteiger partial charge in [0.1, 0.15) is 6.29 Å². The zero-order valence-corrected chi connectivity index (χ0v) is 6.16. The molecular formula is C7H10N2O. The second-order valence-electron chi connectivity index (χ2n) is 2.27. The Kier molecular flexibility index (Phi) is 1.85. The van der Waals surface area contributed by atoms with Crippen LogP contribution in [0.1, 0.15) is 11.4 Å². The molecule has 0 saturated heterocycles. The highest BCUT2D eigenvalue weighted by Crippen LogP contribution is 2.00. The molecule has 0 N–H and O–H groups in total. The first-order valence-electron chi connectivity index (χ1n) is 3.17. The number of carbonyl (C=O) groups is 1. The summed E-state index contributed by atoms with van der Waals surface area (Å²) >= 11 is 0. The van der Waals surface area contributed by atoms with Crippen molar-refractivity contribution in [2.45, 2.75) is 13.3 Å². The minimum Gasteiger partial charge on any atom is -0.303 e. The summed E-state index contributed by atoms with van der Waals surface area (Å²) < 4.78 is 1.73. The minimum atomic E-state index is 0.456. The molecule has 54 valence electrons. The van der Waals surface area contributed by atoms with Gasteiger partial charge in [-0.2, -0.15) is 5.10 Å². The van der Waals surface area contributed by atoms with E-state index in [-0.39, 0.29) is 0 Å². The van der Waals surface area contributed by atoms with E-state index in [9.17, 15) is 4.79 Å². The Morgan fingerprint density at radius 2 is 2.50 bits per heavy atom. The van der Waals surface area contributed by atoms with Crippen LogP contribution in [0.2, 0.25) is 0 Å². The van der Waals surface area contributed by atoms with Gasteiger partial charge in [-0.15, -0.1) is 0 Å². The van der Waals surface area contributed by atoms with Gasteiger partial charge in [0, 0.05) is 19.2 Å². The van der Waals surface area contributed by atoms with E-state index in [1.165, 1.54) is 0 Å². The lowest BCUT2D eigenvalue weighted by molar-refractivity contribution is -0.107. The number of rotatable bonds is 2. The summed E-state index contributed by atoms with van der Waals surface area (Å²) in [6.45, 7) is 1.91. The fourth-order valence-electron chi connectivity index (χ4n) is 0.941. The molecule has 10 heavy (non-hydrogen) atoms. The van der Waals surface area contributed by atoms with Gasteiger partial charge in [0.2, 0.25) is 0 Å². The number of carbonyl (C=O) groups excluding carboxylic acids is 1. The summed E-state index contributed by atoms with van der Waals surface area (Å²) in [7, 11) is 1.84. The Bertz CT molecular complexity index is 240. The fraction of sp³-hybridized carbons (Fsp3) is 0.429. The van der Waals surface area contributed by atoms with Crippen molar-refractivity contribution in [3.63, 3.8) is 0 Å².